The van der Waals surface area contributed by atoms with E-state index in [1.54, 1.807) is 0 Å². The second-order valence-corrected chi connectivity index (χ2v) is 19.5. The van der Waals surface area contributed by atoms with Gasteiger partial charge in [-0.2, -0.15) is 0 Å². The van der Waals surface area contributed by atoms with E-state index < -0.39 is 6.10 Å². The van der Waals surface area contributed by atoms with Crippen LogP contribution in [-0.2, 0) is 28.6 Å². The van der Waals surface area contributed by atoms with E-state index in [-0.39, 0.29) is 37.5 Å². The lowest BCUT2D eigenvalue weighted by atomic mass is 10.1. The third kappa shape index (κ3) is 61.5. The normalized spacial score (nSPS) is 13.3. The van der Waals surface area contributed by atoms with E-state index in [4.69, 9.17) is 14.2 Å². The fraction of sp³-hybridized carbons (Fsp3) is 0.563. The van der Waals surface area contributed by atoms with Gasteiger partial charge in [-0.15, -0.1) is 0 Å². The van der Waals surface area contributed by atoms with Crippen molar-refractivity contribution in [1.29, 1.82) is 0 Å². The molecule has 0 saturated heterocycles. The number of allylic oxidation sites excluding steroid dienone is 28. The predicted octanol–water partition coefficient (Wildman–Crippen LogP) is 21.1. The molecular formula is C71H110O6. The Morgan fingerprint density at radius 3 is 0.727 bits per heavy atom. The molecule has 0 aliphatic carbocycles. The summed E-state index contributed by atoms with van der Waals surface area (Å²) in [5.41, 5.74) is 0. The topological polar surface area (TPSA) is 78.9 Å². The Kier molecular flexibility index (Phi) is 59.0. The van der Waals surface area contributed by atoms with E-state index in [1.807, 2.05) is 0 Å². The van der Waals surface area contributed by atoms with Gasteiger partial charge in [-0.1, -0.05) is 242 Å². The SMILES string of the molecule is CC/C=C\C/C=C\C/C=C\C/C=C\C/C=C\C/C=C\CCCCCCCCC(=O)OCC(COC(=O)CCCCCC/C=C\C/C=C\C/C=C\C/C=C\CC)OC(=O)CCCCCC/C=C\C/C=C\C/C=C\C/C=C\CC. The Hall–Kier alpha value is -5.23. The van der Waals surface area contributed by atoms with Gasteiger partial charge >= 0.3 is 17.9 Å². The van der Waals surface area contributed by atoms with Gasteiger partial charge in [0.1, 0.15) is 13.2 Å². The molecule has 0 saturated carbocycles. The van der Waals surface area contributed by atoms with Gasteiger partial charge in [0.2, 0.25) is 0 Å². The number of esters is 3. The van der Waals surface area contributed by atoms with E-state index in [1.165, 1.54) is 12.8 Å². The first-order valence-corrected chi connectivity index (χ1v) is 30.6. The molecule has 0 aromatic carbocycles. The molecule has 0 N–H and O–H groups in total. The Labute approximate surface area is 472 Å². The minimum atomic E-state index is -0.819. The Balaban J connectivity index is 4.51. The maximum absolute atomic E-state index is 12.9. The van der Waals surface area contributed by atoms with Gasteiger partial charge in [0.05, 0.1) is 0 Å². The first kappa shape index (κ1) is 71.8. The molecule has 0 radical (unpaired) electrons. The van der Waals surface area contributed by atoms with Crippen molar-refractivity contribution >= 4 is 17.9 Å². The van der Waals surface area contributed by atoms with Crippen LogP contribution >= 0.6 is 0 Å². The lowest BCUT2D eigenvalue weighted by Crippen LogP contribution is -2.30. The van der Waals surface area contributed by atoms with Crippen LogP contribution < -0.4 is 0 Å². The van der Waals surface area contributed by atoms with Crippen molar-refractivity contribution in [3.63, 3.8) is 0 Å². The molecule has 6 nitrogen and oxygen atoms in total. The van der Waals surface area contributed by atoms with Crippen molar-refractivity contribution in [2.24, 2.45) is 0 Å². The maximum atomic E-state index is 12.9. The number of ether oxygens (including phenoxy) is 3. The van der Waals surface area contributed by atoms with Crippen molar-refractivity contribution in [3.05, 3.63) is 170 Å². The first-order valence-electron chi connectivity index (χ1n) is 30.6. The van der Waals surface area contributed by atoms with E-state index >= 15 is 0 Å². The van der Waals surface area contributed by atoms with Crippen LogP contribution in [0.5, 0.6) is 0 Å². The van der Waals surface area contributed by atoms with Crippen LogP contribution in [0.2, 0.25) is 0 Å². The molecule has 0 amide bonds. The Morgan fingerprint density at radius 1 is 0.260 bits per heavy atom. The molecule has 0 spiro atoms. The van der Waals surface area contributed by atoms with Gasteiger partial charge in [-0.05, 0) is 148 Å². The molecule has 0 aliphatic rings. The molecule has 6 heteroatoms. The van der Waals surface area contributed by atoms with Gasteiger partial charge in [-0.25, -0.2) is 0 Å². The van der Waals surface area contributed by atoms with Crippen LogP contribution in [0.25, 0.3) is 0 Å². The summed E-state index contributed by atoms with van der Waals surface area (Å²) in [5.74, 6) is -0.981. The molecule has 0 fully saturated rings. The molecule has 0 bridgehead atoms. The molecule has 1 atom stereocenters. The molecule has 1 unspecified atom stereocenters. The van der Waals surface area contributed by atoms with Gasteiger partial charge in [0.15, 0.2) is 6.10 Å². The van der Waals surface area contributed by atoms with Crippen LogP contribution in [0.3, 0.4) is 0 Å². The first-order chi connectivity index (χ1) is 38.0. The fourth-order valence-electron chi connectivity index (χ4n) is 7.72. The summed E-state index contributed by atoms with van der Waals surface area (Å²) in [6.07, 6.45) is 93.4. The fourth-order valence-corrected chi connectivity index (χ4v) is 7.72. The number of hydrogen-bond acceptors (Lipinski definition) is 6. The minimum Gasteiger partial charge on any atom is -0.462 e. The quantitative estimate of drug-likeness (QED) is 0.0261. The molecule has 430 valence electrons. The number of rotatable bonds is 53. The summed E-state index contributed by atoms with van der Waals surface area (Å²) in [4.78, 5) is 38.3. The molecule has 0 heterocycles. The van der Waals surface area contributed by atoms with Crippen LogP contribution in [0.15, 0.2) is 170 Å². The number of unbranched alkanes of at least 4 members (excludes halogenated alkanes) is 14. The zero-order valence-corrected chi connectivity index (χ0v) is 49.1. The molecule has 0 rings (SSSR count). The minimum absolute atomic E-state index is 0.112. The zero-order valence-electron chi connectivity index (χ0n) is 49.1. The smallest absolute Gasteiger partial charge is 0.306 e. The molecule has 0 aromatic rings. The van der Waals surface area contributed by atoms with E-state index in [9.17, 15) is 14.4 Å². The van der Waals surface area contributed by atoms with E-state index in [2.05, 4.69) is 191 Å². The zero-order chi connectivity index (χ0) is 55.7. The summed E-state index contributed by atoms with van der Waals surface area (Å²) < 4.78 is 16.9. The largest absolute Gasteiger partial charge is 0.462 e. The summed E-state index contributed by atoms with van der Waals surface area (Å²) in [7, 11) is 0. The van der Waals surface area contributed by atoms with Crippen LogP contribution in [-0.4, -0.2) is 37.2 Å². The average Bonchev–Trinajstić information content (AvgIpc) is 3.43. The van der Waals surface area contributed by atoms with Gasteiger partial charge in [0, 0.05) is 19.3 Å². The lowest BCUT2D eigenvalue weighted by Gasteiger charge is -2.18. The highest BCUT2D eigenvalue weighted by molar-refractivity contribution is 5.71. The highest BCUT2D eigenvalue weighted by Gasteiger charge is 2.19. The second-order valence-electron chi connectivity index (χ2n) is 19.5. The Morgan fingerprint density at radius 2 is 0.468 bits per heavy atom. The maximum Gasteiger partial charge on any atom is 0.306 e. The van der Waals surface area contributed by atoms with Crippen LogP contribution in [0.1, 0.15) is 239 Å². The second kappa shape index (κ2) is 63.3. The van der Waals surface area contributed by atoms with Crippen molar-refractivity contribution in [1.82, 2.24) is 0 Å². The molecule has 0 aromatic heterocycles. The summed E-state index contributed by atoms with van der Waals surface area (Å²) >= 11 is 0. The highest BCUT2D eigenvalue weighted by Crippen LogP contribution is 2.13. The van der Waals surface area contributed by atoms with Crippen molar-refractivity contribution < 1.29 is 28.6 Å². The van der Waals surface area contributed by atoms with Gasteiger partial charge < -0.3 is 14.2 Å². The van der Waals surface area contributed by atoms with Crippen molar-refractivity contribution in [3.8, 4) is 0 Å². The summed E-state index contributed by atoms with van der Waals surface area (Å²) in [5, 5.41) is 0. The number of carbonyl (C=O) groups excluding carboxylic acids is 3. The predicted molar refractivity (Wildman–Crippen MR) is 334 cm³/mol. The van der Waals surface area contributed by atoms with Gasteiger partial charge in [-0.3, -0.25) is 14.4 Å². The van der Waals surface area contributed by atoms with Crippen LogP contribution in [0.4, 0.5) is 0 Å². The lowest BCUT2D eigenvalue weighted by molar-refractivity contribution is -0.167. The Bertz CT molecular complexity index is 1790. The monoisotopic (exact) mass is 1060 g/mol. The summed E-state index contributed by atoms with van der Waals surface area (Å²) in [6.45, 7) is 6.23. The number of carbonyl (C=O) groups is 3. The number of hydrogen-bond donors (Lipinski definition) is 0. The standard InChI is InChI=1S/C71H110O6/c1-4-7-10-13-16-19-22-25-28-31-32-33-34-35-36-37-38-41-43-46-49-52-55-58-61-64-70(73)76-67-68(77-71(74)65-62-59-56-53-50-47-44-40-30-27-24-21-18-15-12-9-6-3)66-75-69(72)63-60-57-54-51-48-45-42-39-29-26-23-20-17-14-11-8-5-2/h7-12,16-21,25-30,32-33,35-36,38,41-42,44-45,47,68H,4-6,13-15,22-24,31,34,37,39-40,43,46,48-67H2,1-3H3/b10-7-,11-8-,12-9-,19-16-,20-17-,21-18-,28-25-,29-26-,30-27-,33-32-,36-35-,41-38-,45-42-,47-44-. The summed E-state index contributed by atoms with van der Waals surface area (Å²) in [6, 6.07) is 0. The third-order valence-corrected chi connectivity index (χ3v) is 12.2. The molecular weight excluding hydrogens is 949 g/mol. The van der Waals surface area contributed by atoms with E-state index in [0.717, 1.165) is 186 Å². The van der Waals surface area contributed by atoms with Crippen molar-refractivity contribution in [2.75, 3.05) is 13.2 Å². The van der Waals surface area contributed by atoms with Gasteiger partial charge in [0.25, 0.3) is 0 Å². The average molecular weight is 1060 g/mol. The van der Waals surface area contributed by atoms with E-state index in [0.29, 0.717) is 12.8 Å². The molecule has 77 heavy (non-hydrogen) atoms. The van der Waals surface area contributed by atoms with Crippen molar-refractivity contribution in [2.45, 2.75) is 245 Å². The highest BCUT2D eigenvalue weighted by atomic mass is 16.6. The molecule has 0 aliphatic heterocycles. The van der Waals surface area contributed by atoms with Crippen LogP contribution in [0, 0.1) is 0 Å². The third-order valence-electron chi connectivity index (χ3n) is 12.2.